The molecule has 1 atom stereocenters. The predicted molar refractivity (Wildman–Crippen MR) is 80.2 cm³/mol. The van der Waals surface area contributed by atoms with E-state index in [-0.39, 0.29) is 17.0 Å². The summed E-state index contributed by atoms with van der Waals surface area (Å²) in [4.78, 5) is 11.1. The number of benzene rings is 1. The highest BCUT2D eigenvalue weighted by Crippen LogP contribution is 2.32. The molecule has 0 heterocycles. The first-order valence-electron chi connectivity index (χ1n) is 5.98. The molecule has 0 fully saturated rings. The van der Waals surface area contributed by atoms with E-state index in [1.54, 1.807) is 12.1 Å². The first-order chi connectivity index (χ1) is 9.17. The normalized spacial score (nSPS) is 10.7. The number of methoxy groups -OCH3 is 1. The highest BCUT2D eigenvalue weighted by Gasteiger charge is 2.14. The van der Waals surface area contributed by atoms with Gasteiger partial charge in [-0.15, -0.1) is 11.8 Å². The quantitative estimate of drug-likeness (QED) is 0.764. The summed E-state index contributed by atoms with van der Waals surface area (Å²) < 4.78 is 4.57. The van der Waals surface area contributed by atoms with Gasteiger partial charge in [-0.3, -0.25) is 4.79 Å². The van der Waals surface area contributed by atoms with E-state index in [9.17, 15) is 4.79 Å². The lowest BCUT2D eigenvalue weighted by molar-refractivity contribution is -0.137. The Kier molecular flexibility index (Phi) is 10.1. The number of hydrogen-bond acceptors (Lipinski definition) is 4. The first kappa shape index (κ1) is 17.8. The largest absolute Gasteiger partial charge is 0.468 e. The molecule has 0 amide bonds. The molecular weight excluding hydrogens is 282 g/mol. The molecule has 1 aromatic rings. The van der Waals surface area contributed by atoms with E-state index in [0.29, 0.717) is 11.4 Å². The number of halogens is 1. The standard InChI is InChI=1S/C12H12ClNO2S.C2H6/c1-16-12(15)8-17-11(6-7-14)9-2-4-10(13)5-3-9;1-2/h2-5,11H,6,8H2,1H3;1-2H3. The van der Waals surface area contributed by atoms with Crippen LogP contribution in [-0.4, -0.2) is 18.8 Å². The number of rotatable bonds is 5. The fourth-order valence-corrected chi connectivity index (χ4v) is 2.38. The first-order valence-corrected chi connectivity index (χ1v) is 7.41. The molecule has 1 aromatic carbocycles. The molecule has 5 heteroatoms. The Hall–Kier alpha value is -1.18. The number of carbonyl (C=O) groups excluding carboxylic acids is 1. The van der Waals surface area contributed by atoms with Crippen molar-refractivity contribution in [2.75, 3.05) is 12.9 Å². The van der Waals surface area contributed by atoms with Crippen molar-refractivity contribution < 1.29 is 9.53 Å². The van der Waals surface area contributed by atoms with Crippen LogP contribution in [0.1, 0.15) is 31.1 Å². The third kappa shape index (κ3) is 7.09. The maximum absolute atomic E-state index is 11.1. The van der Waals surface area contributed by atoms with Crippen LogP contribution in [0.4, 0.5) is 0 Å². The van der Waals surface area contributed by atoms with Crippen molar-refractivity contribution in [2.45, 2.75) is 25.5 Å². The highest BCUT2D eigenvalue weighted by molar-refractivity contribution is 8.00. The lowest BCUT2D eigenvalue weighted by Crippen LogP contribution is -2.05. The number of hydrogen-bond donors (Lipinski definition) is 0. The molecule has 19 heavy (non-hydrogen) atoms. The topological polar surface area (TPSA) is 50.1 Å². The second kappa shape index (κ2) is 10.7. The zero-order chi connectivity index (χ0) is 14.7. The Balaban J connectivity index is 0.00000154. The van der Waals surface area contributed by atoms with E-state index < -0.39 is 0 Å². The molecule has 1 rings (SSSR count). The van der Waals surface area contributed by atoms with Crippen LogP contribution in [0, 0.1) is 11.3 Å². The van der Waals surface area contributed by atoms with Crippen molar-refractivity contribution in [3.05, 3.63) is 34.9 Å². The fourth-order valence-electron chi connectivity index (χ4n) is 1.26. The van der Waals surface area contributed by atoms with Gasteiger partial charge in [0.05, 0.1) is 25.4 Å². The molecule has 1 unspecified atom stereocenters. The summed E-state index contributed by atoms with van der Waals surface area (Å²) in [7, 11) is 1.35. The van der Waals surface area contributed by atoms with E-state index in [4.69, 9.17) is 16.9 Å². The van der Waals surface area contributed by atoms with E-state index in [2.05, 4.69) is 10.8 Å². The van der Waals surface area contributed by atoms with Gasteiger partial charge in [0.1, 0.15) is 0 Å². The lowest BCUT2D eigenvalue weighted by Gasteiger charge is -2.13. The molecule has 0 saturated carbocycles. The molecule has 0 aliphatic carbocycles. The molecule has 0 saturated heterocycles. The molecule has 0 radical (unpaired) electrons. The summed E-state index contributed by atoms with van der Waals surface area (Å²) in [5.74, 6) is -0.0437. The second-order valence-electron chi connectivity index (χ2n) is 3.29. The summed E-state index contributed by atoms with van der Waals surface area (Å²) >= 11 is 7.20. The van der Waals surface area contributed by atoms with Gasteiger partial charge in [-0.1, -0.05) is 37.6 Å². The van der Waals surface area contributed by atoms with Gasteiger partial charge >= 0.3 is 5.97 Å². The van der Waals surface area contributed by atoms with Crippen LogP contribution in [0.2, 0.25) is 5.02 Å². The molecular formula is C14H18ClNO2S. The Morgan fingerprint density at radius 1 is 1.42 bits per heavy atom. The van der Waals surface area contributed by atoms with Gasteiger partial charge in [-0.2, -0.15) is 5.26 Å². The number of nitrogens with zero attached hydrogens (tertiary/aromatic N) is 1. The monoisotopic (exact) mass is 299 g/mol. The minimum absolute atomic E-state index is 0.0311. The van der Waals surface area contributed by atoms with Crippen LogP contribution in [0.15, 0.2) is 24.3 Å². The van der Waals surface area contributed by atoms with E-state index in [1.807, 2.05) is 26.0 Å². The summed E-state index contributed by atoms with van der Waals surface area (Å²) in [6, 6.07) is 9.41. The molecule has 3 nitrogen and oxygen atoms in total. The van der Waals surface area contributed by atoms with Gasteiger partial charge in [0.15, 0.2) is 0 Å². The van der Waals surface area contributed by atoms with Crippen molar-refractivity contribution >= 4 is 29.3 Å². The summed E-state index contributed by atoms with van der Waals surface area (Å²) in [6.45, 7) is 4.00. The van der Waals surface area contributed by atoms with Crippen LogP contribution in [0.3, 0.4) is 0 Å². The number of carbonyl (C=O) groups is 1. The van der Waals surface area contributed by atoms with Gasteiger partial charge < -0.3 is 4.74 Å². The highest BCUT2D eigenvalue weighted by atomic mass is 35.5. The van der Waals surface area contributed by atoms with E-state index >= 15 is 0 Å². The zero-order valence-electron chi connectivity index (χ0n) is 11.4. The van der Waals surface area contributed by atoms with Crippen molar-refractivity contribution in [1.29, 1.82) is 5.26 Å². The molecule has 0 aliphatic heterocycles. The fraction of sp³-hybridized carbons (Fsp3) is 0.429. The number of ether oxygens (including phenoxy) is 1. The van der Waals surface area contributed by atoms with Crippen molar-refractivity contribution in [2.24, 2.45) is 0 Å². The van der Waals surface area contributed by atoms with Crippen LogP contribution in [-0.2, 0) is 9.53 Å². The van der Waals surface area contributed by atoms with Gasteiger partial charge in [-0.05, 0) is 17.7 Å². The Morgan fingerprint density at radius 2 is 2.00 bits per heavy atom. The van der Waals surface area contributed by atoms with Crippen molar-refractivity contribution in [3.8, 4) is 6.07 Å². The van der Waals surface area contributed by atoms with Gasteiger partial charge in [-0.25, -0.2) is 0 Å². The molecule has 0 aromatic heterocycles. The Morgan fingerprint density at radius 3 is 2.47 bits per heavy atom. The van der Waals surface area contributed by atoms with E-state index in [1.165, 1.54) is 18.9 Å². The number of nitriles is 1. The molecule has 0 aliphatic rings. The third-order valence-electron chi connectivity index (χ3n) is 2.15. The maximum Gasteiger partial charge on any atom is 0.315 e. The van der Waals surface area contributed by atoms with Crippen LogP contribution in [0.5, 0.6) is 0 Å². The number of thioether (sulfide) groups is 1. The molecule has 0 N–H and O–H groups in total. The van der Waals surface area contributed by atoms with Gasteiger partial charge in [0, 0.05) is 10.3 Å². The van der Waals surface area contributed by atoms with Crippen LogP contribution < -0.4 is 0 Å². The molecule has 0 bridgehead atoms. The van der Waals surface area contributed by atoms with E-state index in [0.717, 1.165) is 5.56 Å². The summed E-state index contributed by atoms with van der Waals surface area (Å²) in [5, 5.41) is 9.39. The number of esters is 1. The smallest absolute Gasteiger partial charge is 0.315 e. The molecule has 104 valence electrons. The summed E-state index contributed by atoms with van der Waals surface area (Å²) in [6.07, 6.45) is 0.350. The third-order valence-corrected chi connectivity index (χ3v) is 3.64. The summed E-state index contributed by atoms with van der Waals surface area (Å²) in [5.41, 5.74) is 0.991. The molecule has 0 spiro atoms. The Bertz CT molecular complexity index is 414. The SMILES string of the molecule is CC.COC(=O)CSC(CC#N)c1ccc(Cl)cc1. The minimum Gasteiger partial charge on any atom is -0.468 e. The Labute approximate surface area is 123 Å². The predicted octanol–water partition coefficient (Wildman–Crippen LogP) is 4.23. The lowest BCUT2D eigenvalue weighted by atomic mass is 10.1. The van der Waals surface area contributed by atoms with Crippen LogP contribution >= 0.6 is 23.4 Å². The zero-order valence-corrected chi connectivity index (χ0v) is 12.9. The minimum atomic E-state index is -0.285. The second-order valence-corrected chi connectivity index (χ2v) is 4.92. The van der Waals surface area contributed by atoms with Gasteiger partial charge in [0.2, 0.25) is 0 Å². The van der Waals surface area contributed by atoms with Crippen LogP contribution in [0.25, 0.3) is 0 Å². The maximum atomic E-state index is 11.1. The average Bonchev–Trinajstić information content (AvgIpc) is 2.46. The van der Waals surface area contributed by atoms with Crippen molar-refractivity contribution in [3.63, 3.8) is 0 Å². The average molecular weight is 300 g/mol. The van der Waals surface area contributed by atoms with Gasteiger partial charge in [0.25, 0.3) is 0 Å². The van der Waals surface area contributed by atoms with Crippen molar-refractivity contribution in [1.82, 2.24) is 0 Å².